The van der Waals surface area contributed by atoms with Crippen LogP contribution < -0.4 is 21.3 Å². The molecule has 0 unspecified atom stereocenters. The highest BCUT2D eigenvalue weighted by Crippen LogP contribution is 2.10. The van der Waals surface area contributed by atoms with Crippen molar-refractivity contribution in [3.63, 3.8) is 0 Å². The lowest BCUT2D eigenvalue weighted by atomic mass is 10.0. The molecular weight excluding hydrogens is 472 g/mol. The number of amides is 4. The molecule has 10 heteroatoms. The Hall–Kier alpha value is -3.95. The number of fused-ring (bicyclic) bond motifs is 2. The van der Waals surface area contributed by atoms with Crippen molar-refractivity contribution in [2.75, 3.05) is 38.0 Å². The molecule has 2 heterocycles. The van der Waals surface area contributed by atoms with Crippen molar-refractivity contribution in [3.05, 3.63) is 59.9 Å². The maximum absolute atomic E-state index is 13.2. The fourth-order valence-electron chi connectivity index (χ4n) is 4.02. The molecule has 1 aromatic heterocycles. The summed E-state index contributed by atoms with van der Waals surface area (Å²) in [6.45, 7) is 5.47. The van der Waals surface area contributed by atoms with Gasteiger partial charge in [0.25, 0.3) is 5.91 Å². The number of aromatic nitrogens is 1. The molecule has 198 valence electrons. The van der Waals surface area contributed by atoms with Crippen molar-refractivity contribution in [1.29, 1.82) is 0 Å². The van der Waals surface area contributed by atoms with Crippen LogP contribution in [0.1, 0.15) is 42.7 Å². The largest absolute Gasteiger partial charge is 0.383 e. The van der Waals surface area contributed by atoms with E-state index in [9.17, 15) is 19.2 Å². The zero-order valence-electron chi connectivity index (χ0n) is 21.5. The fourth-order valence-corrected chi connectivity index (χ4v) is 4.02. The van der Waals surface area contributed by atoms with Gasteiger partial charge in [-0.15, -0.1) is 0 Å². The molecule has 2 aromatic rings. The van der Waals surface area contributed by atoms with E-state index in [2.05, 4.69) is 26.3 Å². The van der Waals surface area contributed by atoms with Gasteiger partial charge in [0.1, 0.15) is 11.7 Å². The minimum atomic E-state index is -0.827. The van der Waals surface area contributed by atoms with Crippen molar-refractivity contribution in [1.82, 2.24) is 25.8 Å². The van der Waals surface area contributed by atoms with Gasteiger partial charge in [0.15, 0.2) is 0 Å². The van der Waals surface area contributed by atoms with Gasteiger partial charge >= 0.3 is 0 Å². The summed E-state index contributed by atoms with van der Waals surface area (Å²) in [5, 5.41) is 11.7. The Kier molecular flexibility index (Phi) is 10.4. The number of anilines is 1. The molecular formula is C27H36N6O4. The smallest absolute Gasteiger partial charge is 0.270 e. The molecule has 1 aliphatic heterocycles. The summed E-state index contributed by atoms with van der Waals surface area (Å²) in [4.78, 5) is 56.9. The minimum Gasteiger partial charge on any atom is -0.383 e. The molecule has 3 rings (SSSR count). The van der Waals surface area contributed by atoms with E-state index in [0.29, 0.717) is 51.1 Å². The first-order valence-electron chi connectivity index (χ1n) is 12.7. The van der Waals surface area contributed by atoms with Crippen molar-refractivity contribution in [2.45, 2.75) is 39.2 Å². The number of hydrogen-bond donors (Lipinski definition) is 4. The summed E-state index contributed by atoms with van der Waals surface area (Å²) < 4.78 is 0. The summed E-state index contributed by atoms with van der Waals surface area (Å²) in [5.41, 5.74) is 1.75. The van der Waals surface area contributed by atoms with E-state index in [1.165, 1.54) is 6.20 Å². The minimum absolute atomic E-state index is 0.0377. The zero-order chi connectivity index (χ0) is 26.6. The molecule has 0 radical (unpaired) electrons. The van der Waals surface area contributed by atoms with E-state index in [-0.39, 0.29) is 35.9 Å². The van der Waals surface area contributed by atoms with Gasteiger partial charge in [-0.2, -0.15) is 0 Å². The van der Waals surface area contributed by atoms with Crippen LogP contribution in [0.2, 0.25) is 0 Å². The average molecular weight is 509 g/mol. The number of nitrogens with one attached hydrogen (secondary N) is 4. The molecule has 0 spiro atoms. The van der Waals surface area contributed by atoms with Crippen LogP contribution in [0.4, 0.5) is 5.69 Å². The quantitative estimate of drug-likeness (QED) is 0.495. The van der Waals surface area contributed by atoms with Crippen LogP contribution in [0.5, 0.6) is 0 Å². The molecule has 0 saturated heterocycles. The lowest BCUT2D eigenvalue weighted by Crippen LogP contribution is -2.50. The fraction of sp³-hybridized carbons (Fsp3) is 0.444. The summed E-state index contributed by atoms with van der Waals surface area (Å²) >= 11 is 0. The van der Waals surface area contributed by atoms with E-state index in [1.807, 2.05) is 44.2 Å². The number of benzene rings is 1. The normalized spacial score (nSPS) is 18.4. The van der Waals surface area contributed by atoms with Gasteiger partial charge in [0.05, 0.1) is 0 Å². The van der Waals surface area contributed by atoms with Crippen molar-refractivity contribution in [3.8, 4) is 0 Å². The van der Waals surface area contributed by atoms with Crippen LogP contribution in [-0.2, 0) is 20.8 Å². The van der Waals surface area contributed by atoms with Gasteiger partial charge in [-0.25, -0.2) is 0 Å². The molecule has 1 aromatic carbocycles. The Labute approximate surface area is 217 Å². The second-order valence-electron chi connectivity index (χ2n) is 9.30. The first kappa shape index (κ1) is 27.6. The van der Waals surface area contributed by atoms with E-state index in [0.717, 1.165) is 5.56 Å². The number of carbonyl (C=O) groups is 4. The van der Waals surface area contributed by atoms with Crippen molar-refractivity contribution >= 4 is 29.3 Å². The Morgan fingerprint density at radius 3 is 2.51 bits per heavy atom. The highest BCUT2D eigenvalue weighted by atomic mass is 16.2. The Morgan fingerprint density at radius 1 is 1.00 bits per heavy atom. The maximum atomic E-state index is 13.2. The predicted octanol–water partition coefficient (Wildman–Crippen LogP) is 1.35. The predicted molar refractivity (Wildman–Crippen MR) is 141 cm³/mol. The van der Waals surface area contributed by atoms with E-state index in [1.54, 1.807) is 17.0 Å². The number of nitrogens with zero attached hydrogens (tertiary/aromatic N) is 2. The molecule has 1 aliphatic rings. The van der Waals surface area contributed by atoms with Gasteiger partial charge in [-0.1, -0.05) is 44.2 Å². The summed E-state index contributed by atoms with van der Waals surface area (Å²) in [6, 6.07) is 12.0. The van der Waals surface area contributed by atoms with Gasteiger partial charge in [-0.05, 0) is 24.1 Å². The lowest BCUT2D eigenvalue weighted by Gasteiger charge is -2.25. The second-order valence-corrected chi connectivity index (χ2v) is 9.30. The monoisotopic (exact) mass is 508 g/mol. The van der Waals surface area contributed by atoms with Gasteiger partial charge < -0.3 is 26.2 Å². The van der Waals surface area contributed by atoms with E-state index >= 15 is 0 Å². The number of carbonyl (C=O) groups excluding carboxylic acids is 4. The zero-order valence-corrected chi connectivity index (χ0v) is 21.5. The van der Waals surface area contributed by atoms with Crippen LogP contribution >= 0.6 is 0 Å². The number of hydrogen-bond acceptors (Lipinski definition) is 6. The number of rotatable bonds is 3. The topological polar surface area (TPSA) is 133 Å². The standard InChI is InChI=1S/C27H36N6O4/c1-19(2)27(37)33-15-6-9-24(34)30-13-12-28-21-10-11-29-22(18-21)26(36)32-23(25(35)31-14-16-33)17-20-7-4-3-5-8-20/h3-5,7-8,10-11,18-19,23,28H,6,9,12-17H2,1-2H3,(H,30,34)(H,31,35)(H,32,36)/t23-/m0/s1. The first-order chi connectivity index (χ1) is 17.8. The van der Waals surface area contributed by atoms with E-state index in [4.69, 9.17) is 0 Å². The third kappa shape index (κ3) is 8.89. The molecule has 0 saturated carbocycles. The van der Waals surface area contributed by atoms with Crippen LogP contribution in [0, 0.1) is 5.92 Å². The first-order valence-corrected chi connectivity index (χ1v) is 12.7. The third-order valence-corrected chi connectivity index (χ3v) is 5.99. The Bertz CT molecular complexity index is 1080. The third-order valence-electron chi connectivity index (χ3n) is 5.99. The van der Waals surface area contributed by atoms with Gasteiger partial charge in [-0.3, -0.25) is 24.2 Å². The molecule has 0 fully saturated rings. The Morgan fingerprint density at radius 2 is 1.76 bits per heavy atom. The SMILES string of the molecule is CC(C)C(=O)N1CCCC(=O)NCCNc2ccnc(c2)C(=O)N[C@@H](Cc2ccccc2)C(=O)NCC1. The molecule has 1 atom stereocenters. The van der Waals surface area contributed by atoms with Crippen molar-refractivity contribution in [2.24, 2.45) is 5.92 Å². The maximum Gasteiger partial charge on any atom is 0.270 e. The molecule has 10 nitrogen and oxygen atoms in total. The van der Waals surface area contributed by atoms with Crippen LogP contribution in [0.15, 0.2) is 48.7 Å². The molecule has 4 amide bonds. The second kappa shape index (κ2) is 14.0. The number of pyridine rings is 1. The lowest BCUT2D eigenvalue weighted by molar-refractivity contribution is -0.135. The van der Waals surface area contributed by atoms with E-state index < -0.39 is 11.9 Å². The van der Waals surface area contributed by atoms with Crippen LogP contribution in [0.3, 0.4) is 0 Å². The molecule has 2 bridgehead atoms. The Balaban J connectivity index is 1.79. The van der Waals surface area contributed by atoms with Gasteiger partial charge in [0.2, 0.25) is 17.7 Å². The van der Waals surface area contributed by atoms with Gasteiger partial charge in [0, 0.05) is 63.4 Å². The highest BCUT2D eigenvalue weighted by Gasteiger charge is 2.24. The average Bonchev–Trinajstić information content (AvgIpc) is 2.89. The van der Waals surface area contributed by atoms with Crippen LogP contribution in [0.25, 0.3) is 0 Å². The van der Waals surface area contributed by atoms with Crippen molar-refractivity contribution < 1.29 is 19.2 Å². The summed E-state index contributed by atoms with van der Waals surface area (Å²) in [6.07, 6.45) is 2.64. The summed E-state index contributed by atoms with van der Waals surface area (Å²) in [7, 11) is 0. The molecule has 37 heavy (non-hydrogen) atoms. The molecule has 4 N–H and O–H groups in total. The highest BCUT2D eigenvalue weighted by molar-refractivity contribution is 5.96. The summed E-state index contributed by atoms with van der Waals surface area (Å²) in [5.74, 6) is -1.15. The van der Waals surface area contributed by atoms with Crippen LogP contribution in [-0.4, -0.2) is 72.3 Å². The molecule has 0 aliphatic carbocycles.